The van der Waals surface area contributed by atoms with Gasteiger partial charge in [0, 0.05) is 29.7 Å². The minimum absolute atomic E-state index is 0.494. The van der Waals surface area contributed by atoms with Crippen molar-refractivity contribution in [2.75, 3.05) is 13.2 Å². The van der Waals surface area contributed by atoms with Crippen LogP contribution in [0.2, 0.25) is 0 Å². The second-order valence-corrected chi connectivity index (χ2v) is 5.29. The summed E-state index contributed by atoms with van der Waals surface area (Å²) in [6.45, 7) is 3.92. The predicted octanol–water partition coefficient (Wildman–Crippen LogP) is 2.73. The summed E-state index contributed by atoms with van der Waals surface area (Å²) in [5.74, 6) is 0.645. The summed E-state index contributed by atoms with van der Waals surface area (Å²) < 4.78 is 5.40. The number of rotatable bonds is 3. The lowest BCUT2D eigenvalue weighted by Gasteiger charge is -2.16. The molecule has 2 heterocycles. The summed E-state index contributed by atoms with van der Waals surface area (Å²) in [5, 5.41) is 0. The molecule has 0 spiro atoms. The van der Waals surface area contributed by atoms with Gasteiger partial charge in [0.15, 0.2) is 0 Å². The maximum atomic E-state index is 5.40. The van der Waals surface area contributed by atoms with Gasteiger partial charge in [-0.1, -0.05) is 22.0 Å². The first-order valence-electron chi connectivity index (χ1n) is 5.39. The van der Waals surface area contributed by atoms with Gasteiger partial charge in [0.2, 0.25) is 0 Å². The molecule has 0 N–H and O–H groups in total. The van der Waals surface area contributed by atoms with Crippen LogP contribution >= 0.6 is 15.9 Å². The highest BCUT2D eigenvalue weighted by Crippen LogP contribution is 2.25. The highest BCUT2D eigenvalue weighted by atomic mass is 79.9. The lowest BCUT2D eigenvalue weighted by Crippen LogP contribution is -2.18. The molecule has 1 aromatic rings. The van der Waals surface area contributed by atoms with Crippen LogP contribution in [0.15, 0.2) is 18.3 Å². The van der Waals surface area contributed by atoms with Crippen molar-refractivity contribution in [1.29, 1.82) is 0 Å². The molecule has 1 aromatic heterocycles. The largest absolute Gasteiger partial charge is 0.381 e. The Kier molecular flexibility index (Phi) is 3.76. The van der Waals surface area contributed by atoms with Crippen LogP contribution in [0.5, 0.6) is 0 Å². The first kappa shape index (κ1) is 11.1. The molecule has 0 aromatic carbocycles. The van der Waals surface area contributed by atoms with Crippen LogP contribution in [-0.2, 0) is 11.2 Å². The molecule has 0 bridgehead atoms. The monoisotopic (exact) mass is 269 g/mol. The number of halogens is 1. The normalized spacial score (nSPS) is 22.9. The predicted molar refractivity (Wildman–Crippen MR) is 64.3 cm³/mol. The van der Waals surface area contributed by atoms with E-state index in [4.69, 9.17) is 4.74 Å². The number of aromatic nitrogens is 1. The molecule has 2 nitrogen and oxygen atoms in total. The molecule has 1 saturated heterocycles. The van der Waals surface area contributed by atoms with Gasteiger partial charge in [0.05, 0.1) is 6.61 Å². The van der Waals surface area contributed by atoms with Crippen molar-refractivity contribution < 1.29 is 4.74 Å². The smallest absolute Gasteiger partial charge is 0.0505 e. The number of hydrogen-bond acceptors (Lipinski definition) is 2. The van der Waals surface area contributed by atoms with E-state index in [0.29, 0.717) is 10.7 Å². The van der Waals surface area contributed by atoms with Gasteiger partial charge in [0.1, 0.15) is 0 Å². The third-order valence-corrected chi connectivity index (χ3v) is 4.05. The van der Waals surface area contributed by atoms with E-state index in [0.717, 1.165) is 19.6 Å². The zero-order valence-electron chi connectivity index (χ0n) is 8.95. The average molecular weight is 270 g/mol. The quantitative estimate of drug-likeness (QED) is 0.788. The molecule has 0 amide bonds. The fourth-order valence-electron chi connectivity index (χ4n) is 1.92. The van der Waals surface area contributed by atoms with E-state index >= 15 is 0 Å². The third kappa shape index (κ3) is 2.79. The molecule has 82 valence electrons. The molecule has 1 aliphatic heterocycles. The number of pyridine rings is 1. The van der Waals surface area contributed by atoms with Crippen LogP contribution in [0.3, 0.4) is 0 Å². The zero-order valence-corrected chi connectivity index (χ0v) is 10.5. The van der Waals surface area contributed by atoms with Crippen molar-refractivity contribution in [3.05, 3.63) is 29.6 Å². The van der Waals surface area contributed by atoms with E-state index in [1.807, 2.05) is 12.3 Å². The minimum atomic E-state index is 0.494. The lowest BCUT2D eigenvalue weighted by molar-refractivity contribution is 0.185. The standard InChI is InChI=1S/C12H16BrNO/c1-9-3-2-5-14-12(9)7-11(13)10-4-6-15-8-10/h2-3,5,10-11H,4,6-8H2,1H3. The van der Waals surface area contributed by atoms with Gasteiger partial charge < -0.3 is 4.74 Å². The molecule has 2 rings (SSSR count). The highest BCUT2D eigenvalue weighted by Gasteiger charge is 2.24. The van der Waals surface area contributed by atoms with Gasteiger partial charge in [-0.25, -0.2) is 0 Å². The second-order valence-electron chi connectivity index (χ2n) is 4.11. The molecule has 2 atom stereocenters. The van der Waals surface area contributed by atoms with Gasteiger partial charge in [-0.3, -0.25) is 4.98 Å². The maximum Gasteiger partial charge on any atom is 0.0505 e. The van der Waals surface area contributed by atoms with Gasteiger partial charge >= 0.3 is 0 Å². The lowest BCUT2D eigenvalue weighted by atomic mass is 9.99. The molecule has 1 aliphatic rings. The first-order valence-corrected chi connectivity index (χ1v) is 6.31. The van der Waals surface area contributed by atoms with Crippen LogP contribution in [0.25, 0.3) is 0 Å². The Hall–Kier alpha value is -0.410. The topological polar surface area (TPSA) is 22.1 Å². The Bertz CT molecular complexity index is 323. The van der Waals surface area contributed by atoms with E-state index in [9.17, 15) is 0 Å². The maximum absolute atomic E-state index is 5.40. The Morgan fingerprint density at radius 1 is 1.67 bits per heavy atom. The summed E-state index contributed by atoms with van der Waals surface area (Å²) in [5.41, 5.74) is 2.48. The average Bonchev–Trinajstić information content (AvgIpc) is 2.74. The third-order valence-electron chi connectivity index (χ3n) is 2.98. The molecule has 3 heteroatoms. The van der Waals surface area contributed by atoms with Gasteiger partial charge in [0.25, 0.3) is 0 Å². The number of ether oxygens (including phenoxy) is 1. The fraction of sp³-hybridized carbons (Fsp3) is 0.583. The minimum Gasteiger partial charge on any atom is -0.381 e. The molecular weight excluding hydrogens is 254 g/mol. The van der Waals surface area contributed by atoms with Crippen molar-refractivity contribution in [2.24, 2.45) is 5.92 Å². The van der Waals surface area contributed by atoms with Crippen molar-refractivity contribution in [3.63, 3.8) is 0 Å². The molecule has 15 heavy (non-hydrogen) atoms. The Morgan fingerprint density at radius 3 is 3.20 bits per heavy atom. The number of nitrogens with zero attached hydrogens (tertiary/aromatic N) is 1. The van der Waals surface area contributed by atoms with Crippen molar-refractivity contribution in [3.8, 4) is 0 Å². The van der Waals surface area contributed by atoms with E-state index in [1.165, 1.54) is 17.7 Å². The molecule has 0 aliphatic carbocycles. The van der Waals surface area contributed by atoms with Crippen molar-refractivity contribution in [1.82, 2.24) is 4.98 Å². The Labute approximate surface area is 99.2 Å². The summed E-state index contributed by atoms with van der Waals surface area (Å²) >= 11 is 3.76. The summed E-state index contributed by atoms with van der Waals surface area (Å²) in [7, 11) is 0. The van der Waals surface area contributed by atoms with Crippen molar-refractivity contribution >= 4 is 15.9 Å². The van der Waals surface area contributed by atoms with E-state index in [1.54, 1.807) is 0 Å². The molecule has 2 unspecified atom stereocenters. The van der Waals surface area contributed by atoms with Crippen LogP contribution in [0.4, 0.5) is 0 Å². The molecule has 1 fully saturated rings. The number of aryl methyl sites for hydroxylation is 1. The molecule has 0 saturated carbocycles. The first-order chi connectivity index (χ1) is 7.27. The second kappa shape index (κ2) is 5.08. The number of alkyl halides is 1. The van der Waals surface area contributed by atoms with Crippen LogP contribution < -0.4 is 0 Å². The van der Waals surface area contributed by atoms with Crippen LogP contribution in [0.1, 0.15) is 17.7 Å². The van der Waals surface area contributed by atoms with Crippen LogP contribution in [-0.4, -0.2) is 23.0 Å². The molecule has 0 radical (unpaired) electrons. The molecular formula is C12H16BrNO. The van der Waals surface area contributed by atoms with Gasteiger partial charge in [-0.2, -0.15) is 0 Å². The Morgan fingerprint density at radius 2 is 2.53 bits per heavy atom. The van der Waals surface area contributed by atoms with E-state index < -0.39 is 0 Å². The summed E-state index contributed by atoms with van der Waals surface area (Å²) in [6.07, 6.45) is 4.04. The highest BCUT2D eigenvalue weighted by molar-refractivity contribution is 9.09. The fourth-order valence-corrected chi connectivity index (χ4v) is 2.65. The van der Waals surface area contributed by atoms with E-state index in [-0.39, 0.29) is 0 Å². The van der Waals surface area contributed by atoms with Crippen LogP contribution in [0, 0.1) is 12.8 Å². The summed E-state index contributed by atoms with van der Waals surface area (Å²) in [4.78, 5) is 4.91. The Balaban J connectivity index is 1.99. The SMILES string of the molecule is Cc1cccnc1CC(Br)C1CCOC1. The summed E-state index contributed by atoms with van der Waals surface area (Å²) in [6, 6.07) is 4.11. The number of hydrogen-bond donors (Lipinski definition) is 0. The van der Waals surface area contributed by atoms with E-state index in [2.05, 4.69) is 33.9 Å². The van der Waals surface area contributed by atoms with Gasteiger partial charge in [-0.05, 0) is 30.9 Å². The van der Waals surface area contributed by atoms with Gasteiger partial charge in [-0.15, -0.1) is 0 Å². The zero-order chi connectivity index (χ0) is 10.7. The van der Waals surface area contributed by atoms with Crippen molar-refractivity contribution in [2.45, 2.75) is 24.6 Å².